The van der Waals surface area contributed by atoms with Gasteiger partial charge in [-0.15, -0.1) is 0 Å². The smallest absolute Gasteiger partial charge is 0.0681 e. The molecule has 0 radical (unpaired) electrons. The van der Waals surface area contributed by atoms with E-state index >= 15 is 0 Å². The maximum absolute atomic E-state index is 9.16. The van der Waals surface area contributed by atoms with Crippen molar-refractivity contribution >= 4 is 5.69 Å². The first-order chi connectivity index (χ1) is 8.61. The van der Waals surface area contributed by atoms with Gasteiger partial charge in [-0.1, -0.05) is 31.9 Å². The molecule has 1 saturated carbocycles. The van der Waals surface area contributed by atoms with Crippen LogP contribution >= 0.6 is 0 Å². The Morgan fingerprint density at radius 3 is 2.72 bits per heavy atom. The number of aryl methyl sites for hydroxylation is 1. The first-order valence-corrected chi connectivity index (χ1v) is 7.05. The third kappa shape index (κ3) is 2.86. The minimum Gasteiger partial charge on any atom is -0.392 e. The highest BCUT2D eigenvalue weighted by molar-refractivity contribution is 5.54. The third-order valence-corrected chi connectivity index (χ3v) is 4.28. The highest BCUT2D eigenvalue weighted by Crippen LogP contribution is 2.31. The van der Waals surface area contributed by atoms with Crippen LogP contribution in [0.15, 0.2) is 18.2 Å². The predicted molar refractivity (Wildman–Crippen MR) is 76.9 cm³/mol. The largest absolute Gasteiger partial charge is 0.392 e. The number of nitrogens with zero attached hydrogens (tertiary/aromatic N) is 1. The Kier molecular flexibility index (Phi) is 4.28. The van der Waals surface area contributed by atoms with Crippen molar-refractivity contribution in [1.82, 2.24) is 0 Å². The van der Waals surface area contributed by atoms with Crippen molar-refractivity contribution < 1.29 is 5.11 Å². The van der Waals surface area contributed by atoms with Gasteiger partial charge in [-0.2, -0.15) is 0 Å². The molecule has 1 fully saturated rings. The van der Waals surface area contributed by atoms with Crippen molar-refractivity contribution in [3.8, 4) is 0 Å². The van der Waals surface area contributed by atoms with Crippen molar-refractivity contribution in [1.29, 1.82) is 0 Å². The molecule has 1 aromatic carbocycles. The van der Waals surface area contributed by atoms with Gasteiger partial charge >= 0.3 is 0 Å². The summed E-state index contributed by atoms with van der Waals surface area (Å²) in [4.78, 5) is 2.44. The van der Waals surface area contributed by atoms with Gasteiger partial charge < -0.3 is 10.0 Å². The zero-order valence-electron chi connectivity index (χ0n) is 11.8. The second-order valence-corrected chi connectivity index (χ2v) is 5.82. The molecular weight excluding hydrogens is 222 g/mol. The van der Waals surface area contributed by atoms with Crippen molar-refractivity contribution in [2.24, 2.45) is 5.92 Å². The van der Waals surface area contributed by atoms with Crippen LogP contribution in [0.2, 0.25) is 0 Å². The number of hydrogen-bond donors (Lipinski definition) is 1. The van der Waals surface area contributed by atoms with Gasteiger partial charge in [0.2, 0.25) is 0 Å². The third-order valence-electron chi connectivity index (χ3n) is 4.28. The molecule has 1 aliphatic carbocycles. The summed E-state index contributed by atoms with van der Waals surface area (Å²) in [6.07, 6.45) is 5.34. The van der Waals surface area contributed by atoms with Gasteiger partial charge in [-0.05, 0) is 42.9 Å². The number of rotatable bonds is 3. The van der Waals surface area contributed by atoms with Gasteiger partial charge in [0.05, 0.1) is 6.61 Å². The van der Waals surface area contributed by atoms with Gasteiger partial charge in [-0.3, -0.25) is 0 Å². The molecule has 0 aromatic heterocycles. The zero-order valence-corrected chi connectivity index (χ0v) is 11.8. The van der Waals surface area contributed by atoms with E-state index in [1.165, 1.54) is 36.9 Å². The van der Waals surface area contributed by atoms with Crippen molar-refractivity contribution in [3.05, 3.63) is 29.3 Å². The van der Waals surface area contributed by atoms with Gasteiger partial charge in [0.1, 0.15) is 0 Å². The minimum atomic E-state index is 0.130. The maximum atomic E-state index is 9.16. The van der Waals surface area contributed by atoms with E-state index in [9.17, 15) is 0 Å². The fraction of sp³-hybridized carbons (Fsp3) is 0.625. The quantitative estimate of drug-likeness (QED) is 0.883. The molecule has 2 atom stereocenters. The summed E-state index contributed by atoms with van der Waals surface area (Å²) in [5.41, 5.74) is 3.58. The Balaban J connectivity index is 2.15. The van der Waals surface area contributed by atoms with E-state index in [-0.39, 0.29) is 6.61 Å². The molecule has 2 unspecified atom stereocenters. The lowest BCUT2D eigenvalue weighted by atomic mass is 9.86. The molecule has 2 rings (SSSR count). The van der Waals surface area contributed by atoms with Crippen LogP contribution in [0.25, 0.3) is 0 Å². The Hall–Kier alpha value is -1.02. The Morgan fingerprint density at radius 1 is 1.33 bits per heavy atom. The van der Waals surface area contributed by atoms with E-state index < -0.39 is 0 Å². The van der Waals surface area contributed by atoms with E-state index in [1.54, 1.807) is 0 Å². The molecule has 0 spiro atoms. The SMILES string of the molecule is Cc1cc(CO)ccc1N(C)C1CCCC(C)C1. The topological polar surface area (TPSA) is 23.5 Å². The van der Waals surface area contributed by atoms with Gasteiger partial charge in [-0.25, -0.2) is 0 Å². The summed E-state index contributed by atoms with van der Waals surface area (Å²) in [7, 11) is 2.21. The van der Waals surface area contributed by atoms with Crippen LogP contribution in [0.5, 0.6) is 0 Å². The van der Waals surface area contributed by atoms with Crippen LogP contribution < -0.4 is 4.90 Å². The first-order valence-electron chi connectivity index (χ1n) is 7.05. The van der Waals surface area contributed by atoms with Crippen LogP contribution in [-0.4, -0.2) is 18.2 Å². The summed E-state index contributed by atoms with van der Waals surface area (Å²) in [5.74, 6) is 0.850. The molecule has 2 heteroatoms. The second-order valence-electron chi connectivity index (χ2n) is 5.82. The van der Waals surface area contributed by atoms with E-state index in [2.05, 4.69) is 37.9 Å². The van der Waals surface area contributed by atoms with E-state index in [4.69, 9.17) is 5.11 Å². The number of anilines is 1. The normalized spacial score (nSPS) is 24.0. The number of benzene rings is 1. The summed E-state index contributed by atoms with van der Waals surface area (Å²) in [5, 5.41) is 9.16. The highest BCUT2D eigenvalue weighted by Gasteiger charge is 2.23. The molecule has 1 aromatic rings. The van der Waals surface area contributed by atoms with Crippen LogP contribution in [0.4, 0.5) is 5.69 Å². The summed E-state index contributed by atoms with van der Waals surface area (Å²) in [6.45, 7) is 4.63. The Labute approximate surface area is 111 Å². The molecule has 0 amide bonds. The molecule has 1 aliphatic rings. The summed E-state index contributed by atoms with van der Waals surface area (Å²) in [6, 6.07) is 6.95. The average Bonchev–Trinajstić information content (AvgIpc) is 2.37. The van der Waals surface area contributed by atoms with Crippen LogP contribution in [-0.2, 0) is 6.61 Å². The van der Waals surface area contributed by atoms with Crippen molar-refractivity contribution in [2.45, 2.75) is 52.2 Å². The standard InChI is InChI=1S/C16H25NO/c1-12-5-4-6-15(9-12)17(3)16-8-7-14(11-18)10-13(16)2/h7-8,10,12,15,18H,4-6,9,11H2,1-3H3. The maximum Gasteiger partial charge on any atom is 0.0681 e. The average molecular weight is 247 g/mol. The lowest BCUT2D eigenvalue weighted by Crippen LogP contribution is -2.35. The van der Waals surface area contributed by atoms with Crippen LogP contribution in [0.3, 0.4) is 0 Å². The van der Waals surface area contributed by atoms with E-state index in [1.807, 2.05) is 6.07 Å². The predicted octanol–water partition coefficient (Wildman–Crippen LogP) is 3.50. The molecule has 100 valence electrons. The summed E-state index contributed by atoms with van der Waals surface area (Å²) < 4.78 is 0. The van der Waals surface area contributed by atoms with Crippen molar-refractivity contribution in [2.75, 3.05) is 11.9 Å². The molecule has 0 heterocycles. The second kappa shape index (κ2) is 5.75. The van der Waals surface area contributed by atoms with Gasteiger partial charge in [0.15, 0.2) is 0 Å². The summed E-state index contributed by atoms with van der Waals surface area (Å²) >= 11 is 0. The lowest BCUT2D eigenvalue weighted by molar-refractivity contribution is 0.282. The van der Waals surface area contributed by atoms with Crippen LogP contribution in [0, 0.1) is 12.8 Å². The number of aliphatic hydroxyl groups is 1. The molecule has 0 aliphatic heterocycles. The Bertz CT molecular complexity index is 402. The number of aliphatic hydroxyl groups excluding tert-OH is 1. The van der Waals surface area contributed by atoms with Gasteiger partial charge in [0, 0.05) is 18.8 Å². The minimum absolute atomic E-state index is 0.130. The van der Waals surface area contributed by atoms with Gasteiger partial charge in [0.25, 0.3) is 0 Å². The molecule has 0 bridgehead atoms. The molecule has 1 N–H and O–H groups in total. The molecule has 0 saturated heterocycles. The fourth-order valence-corrected chi connectivity index (χ4v) is 3.16. The van der Waals surface area contributed by atoms with E-state index in [0.29, 0.717) is 6.04 Å². The van der Waals surface area contributed by atoms with Crippen molar-refractivity contribution in [3.63, 3.8) is 0 Å². The van der Waals surface area contributed by atoms with Crippen LogP contribution in [0.1, 0.15) is 43.7 Å². The lowest BCUT2D eigenvalue weighted by Gasteiger charge is -2.36. The zero-order chi connectivity index (χ0) is 13.1. The molecular formula is C16H25NO. The highest BCUT2D eigenvalue weighted by atomic mass is 16.3. The molecule has 18 heavy (non-hydrogen) atoms. The fourth-order valence-electron chi connectivity index (χ4n) is 3.16. The monoisotopic (exact) mass is 247 g/mol. The Morgan fingerprint density at radius 2 is 2.11 bits per heavy atom. The first kappa shape index (κ1) is 13.4. The molecule has 2 nitrogen and oxygen atoms in total. The number of hydrogen-bond acceptors (Lipinski definition) is 2. The van der Waals surface area contributed by atoms with E-state index in [0.717, 1.165) is 11.5 Å².